The highest BCUT2D eigenvalue weighted by Crippen LogP contribution is 2.09. The summed E-state index contributed by atoms with van der Waals surface area (Å²) in [7, 11) is 0. The minimum Gasteiger partial charge on any atom is -0.378 e. The third-order valence-corrected chi connectivity index (χ3v) is 2.67. The molecule has 0 aromatic carbocycles. The Labute approximate surface area is 94.0 Å². The molecule has 0 aromatic rings. The number of amides is 2. The van der Waals surface area contributed by atoms with E-state index in [1.54, 1.807) is 6.92 Å². The molecule has 0 radical (unpaired) electrons. The van der Waals surface area contributed by atoms with Gasteiger partial charge in [-0.05, 0) is 0 Å². The van der Waals surface area contributed by atoms with Crippen molar-refractivity contribution in [3.05, 3.63) is 0 Å². The van der Waals surface area contributed by atoms with Crippen molar-refractivity contribution in [1.29, 1.82) is 0 Å². The number of carbonyl (C=O) groups is 2. The lowest BCUT2D eigenvalue weighted by atomic mass is 10.1. The van der Waals surface area contributed by atoms with Crippen molar-refractivity contribution in [3.63, 3.8) is 0 Å². The van der Waals surface area contributed by atoms with Gasteiger partial charge in [0.25, 0.3) is 0 Å². The second-order valence-electron chi connectivity index (χ2n) is 3.90. The lowest BCUT2D eigenvalue weighted by Crippen LogP contribution is -2.54. The van der Waals surface area contributed by atoms with Crippen LogP contribution in [0.4, 0.5) is 0 Å². The molecular formula is C9H18N4O3. The van der Waals surface area contributed by atoms with Crippen LogP contribution in [0.1, 0.15) is 6.92 Å². The molecule has 1 saturated heterocycles. The molecule has 16 heavy (non-hydrogen) atoms. The Morgan fingerprint density at radius 1 is 1.62 bits per heavy atom. The maximum atomic E-state index is 11.3. The summed E-state index contributed by atoms with van der Waals surface area (Å²) in [5.74, 6) is 4.07. The van der Waals surface area contributed by atoms with Crippen molar-refractivity contribution in [2.24, 2.45) is 17.5 Å². The van der Waals surface area contributed by atoms with E-state index in [9.17, 15) is 9.59 Å². The van der Waals surface area contributed by atoms with Crippen LogP contribution in [-0.2, 0) is 14.3 Å². The zero-order chi connectivity index (χ0) is 12.1. The molecule has 1 heterocycles. The number of ether oxygens (including phenoxy) is 1. The van der Waals surface area contributed by atoms with E-state index in [-0.39, 0.29) is 18.4 Å². The second-order valence-corrected chi connectivity index (χ2v) is 3.90. The first-order valence-electron chi connectivity index (χ1n) is 5.17. The molecule has 0 aromatic heterocycles. The number of morpholine rings is 1. The molecule has 1 aliphatic rings. The van der Waals surface area contributed by atoms with Crippen LogP contribution in [0.5, 0.6) is 0 Å². The molecular weight excluding hydrogens is 212 g/mol. The van der Waals surface area contributed by atoms with E-state index in [0.717, 1.165) is 0 Å². The highest BCUT2D eigenvalue weighted by atomic mass is 16.5. The van der Waals surface area contributed by atoms with Crippen molar-refractivity contribution in [2.45, 2.75) is 13.0 Å². The van der Waals surface area contributed by atoms with Gasteiger partial charge in [0.05, 0.1) is 13.2 Å². The van der Waals surface area contributed by atoms with Crippen LogP contribution >= 0.6 is 0 Å². The van der Waals surface area contributed by atoms with Gasteiger partial charge >= 0.3 is 0 Å². The van der Waals surface area contributed by atoms with Gasteiger partial charge in [0, 0.05) is 19.0 Å². The minimum absolute atomic E-state index is 0.255. The summed E-state index contributed by atoms with van der Waals surface area (Å²) in [4.78, 5) is 24.3. The van der Waals surface area contributed by atoms with Gasteiger partial charge in [-0.15, -0.1) is 0 Å². The molecule has 5 N–H and O–H groups in total. The fourth-order valence-electron chi connectivity index (χ4n) is 1.70. The largest absolute Gasteiger partial charge is 0.378 e. The van der Waals surface area contributed by atoms with Crippen LogP contribution in [-0.4, -0.2) is 49.1 Å². The highest BCUT2D eigenvalue weighted by Gasteiger charge is 2.29. The Hall–Kier alpha value is -1.18. The minimum atomic E-state index is -0.457. The number of nitrogens with one attached hydrogen (secondary N) is 1. The SMILES string of the molecule is CC(CN1CCOCC1C(N)=O)C(=O)NN. The number of carbonyl (C=O) groups excluding carboxylic acids is 2. The summed E-state index contributed by atoms with van der Waals surface area (Å²) < 4.78 is 5.17. The number of hydrogen-bond acceptors (Lipinski definition) is 5. The van der Waals surface area contributed by atoms with Gasteiger partial charge in [-0.1, -0.05) is 6.92 Å². The lowest BCUT2D eigenvalue weighted by molar-refractivity contribution is -0.133. The molecule has 0 bridgehead atoms. The van der Waals surface area contributed by atoms with Crippen LogP contribution in [0.2, 0.25) is 0 Å². The molecule has 1 fully saturated rings. The first kappa shape index (κ1) is 12.9. The van der Waals surface area contributed by atoms with E-state index in [1.165, 1.54) is 0 Å². The fraction of sp³-hybridized carbons (Fsp3) is 0.778. The van der Waals surface area contributed by atoms with E-state index in [4.69, 9.17) is 16.3 Å². The number of nitrogens with two attached hydrogens (primary N) is 2. The smallest absolute Gasteiger partial charge is 0.237 e. The van der Waals surface area contributed by atoms with E-state index in [1.807, 2.05) is 4.90 Å². The molecule has 2 amide bonds. The topological polar surface area (TPSA) is 111 Å². The lowest BCUT2D eigenvalue weighted by Gasteiger charge is -2.34. The number of primary amides is 1. The number of hydrazine groups is 1. The van der Waals surface area contributed by atoms with Crippen molar-refractivity contribution in [2.75, 3.05) is 26.3 Å². The highest BCUT2D eigenvalue weighted by molar-refractivity contribution is 5.80. The normalized spacial score (nSPS) is 23.8. The number of rotatable bonds is 4. The molecule has 92 valence electrons. The third kappa shape index (κ3) is 3.16. The predicted octanol–water partition coefficient (Wildman–Crippen LogP) is -2.20. The molecule has 7 heteroatoms. The first-order chi connectivity index (χ1) is 7.56. The predicted molar refractivity (Wildman–Crippen MR) is 56.9 cm³/mol. The summed E-state index contributed by atoms with van der Waals surface area (Å²) in [6, 6.07) is -0.457. The third-order valence-electron chi connectivity index (χ3n) is 2.67. The van der Waals surface area contributed by atoms with E-state index in [0.29, 0.717) is 19.7 Å². The first-order valence-corrected chi connectivity index (χ1v) is 5.17. The Morgan fingerprint density at radius 2 is 2.31 bits per heavy atom. The Balaban J connectivity index is 2.55. The van der Waals surface area contributed by atoms with Crippen LogP contribution in [0.25, 0.3) is 0 Å². The average molecular weight is 230 g/mol. The van der Waals surface area contributed by atoms with Crippen LogP contribution in [0.3, 0.4) is 0 Å². The van der Waals surface area contributed by atoms with E-state index >= 15 is 0 Å². The standard InChI is InChI=1S/C9H18N4O3/c1-6(9(15)12-11)4-13-2-3-16-5-7(13)8(10)14/h6-7H,2-5,11H2,1H3,(H2,10,14)(H,12,15). The number of hydrogen-bond donors (Lipinski definition) is 3. The quantitative estimate of drug-likeness (QED) is 0.288. The van der Waals surface area contributed by atoms with Gasteiger partial charge in [0.1, 0.15) is 6.04 Å². The van der Waals surface area contributed by atoms with Gasteiger partial charge < -0.3 is 10.5 Å². The second kappa shape index (κ2) is 5.78. The van der Waals surface area contributed by atoms with Crippen molar-refractivity contribution in [3.8, 4) is 0 Å². The zero-order valence-electron chi connectivity index (χ0n) is 9.31. The van der Waals surface area contributed by atoms with Crippen LogP contribution in [0.15, 0.2) is 0 Å². The summed E-state index contributed by atoms with van der Waals surface area (Å²) in [6.07, 6.45) is 0. The molecule has 0 saturated carbocycles. The van der Waals surface area contributed by atoms with Crippen LogP contribution in [0, 0.1) is 5.92 Å². The van der Waals surface area contributed by atoms with E-state index < -0.39 is 11.9 Å². The molecule has 1 aliphatic heterocycles. The van der Waals surface area contributed by atoms with Gasteiger partial charge in [-0.25, -0.2) is 5.84 Å². The van der Waals surface area contributed by atoms with Crippen molar-refractivity contribution in [1.82, 2.24) is 10.3 Å². The Kier molecular flexibility index (Phi) is 4.66. The maximum Gasteiger partial charge on any atom is 0.237 e. The molecule has 1 rings (SSSR count). The van der Waals surface area contributed by atoms with Gasteiger partial charge in [0.2, 0.25) is 11.8 Å². The maximum absolute atomic E-state index is 11.3. The van der Waals surface area contributed by atoms with Crippen LogP contribution < -0.4 is 17.0 Å². The summed E-state index contributed by atoms with van der Waals surface area (Å²) in [6.45, 7) is 3.61. The van der Waals surface area contributed by atoms with Crippen molar-refractivity contribution >= 4 is 11.8 Å². The monoisotopic (exact) mass is 230 g/mol. The molecule has 0 aliphatic carbocycles. The molecule has 2 atom stereocenters. The summed E-state index contributed by atoms with van der Waals surface area (Å²) in [5, 5.41) is 0. The van der Waals surface area contributed by atoms with Gasteiger partial charge in [0.15, 0.2) is 0 Å². The van der Waals surface area contributed by atoms with Crippen molar-refractivity contribution < 1.29 is 14.3 Å². The van der Waals surface area contributed by atoms with Gasteiger partial charge in [-0.2, -0.15) is 0 Å². The zero-order valence-corrected chi connectivity index (χ0v) is 9.31. The molecule has 0 spiro atoms. The summed E-state index contributed by atoms with van der Waals surface area (Å²) >= 11 is 0. The van der Waals surface area contributed by atoms with E-state index in [2.05, 4.69) is 5.43 Å². The summed E-state index contributed by atoms with van der Waals surface area (Å²) in [5.41, 5.74) is 7.34. The number of nitrogens with zero attached hydrogens (tertiary/aromatic N) is 1. The van der Waals surface area contributed by atoms with Gasteiger partial charge in [-0.3, -0.25) is 19.9 Å². The Bertz CT molecular complexity index is 271. The Morgan fingerprint density at radius 3 is 2.88 bits per heavy atom. The molecule has 7 nitrogen and oxygen atoms in total. The molecule has 2 unspecified atom stereocenters. The average Bonchev–Trinajstić information content (AvgIpc) is 2.28. The fourth-order valence-corrected chi connectivity index (χ4v) is 1.70.